The van der Waals surface area contributed by atoms with E-state index in [1.165, 1.54) is 5.56 Å². The minimum Gasteiger partial charge on any atom is -0.496 e. The van der Waals surface area contributed by atoms with Crippen molar-refractivity contribution in [1.29, 1.82) is 0 Å². The van der Waals surface area contributed by atoms with E-state index in [0.717, 1.165) is 32.2 Å². The summed E-state index contributed by atoms with van der Waals surface area (Å²) in [6.45, 7) is 2.14. The number of hydrogen-bond donors (Lipinski definition) is 3. The number of amides is 1. The number of hydrogen-bond acceptors (Lipinski definition) is 4. The normalized spacial score (nSPS) is 21.9. The van der Waals surface area contributed by atoms with Gasteiger partial charge in [-0.15, -0.1) is 0 Å². The van der Waals surface area contributed by atoms with Crippen molar-refractivity contribution in [2.75, 3.05) is 26.7 Å². The highest BCUT2D eigenvalue weighted by Crippen LogP contribution is 2.39. The maximum atomic E-state index is 12.8. The lowest BCUT2D eigenvalue weighted by Crippen LogP contribution is -2.47. The molecule has 3 rings (SSSR count). The fourth-order valence-electron chi connectivity index (χ4n) is 4.20. The van der Waals surface area contributed by atoms with E-state index in [0.29, 0.717) is 30.4 Å². The molecular formula is C23H31N3O2. The molecule has 0 heterocycles. The number of nitrogens with two attached hydrogens (primary N) is 1. The molecule has 0 aromatic heterocycles. The molecule has 0 unspecified atom stereocenters. The Morgan fingerprint density at radius 2 is 1.79 bits per heavy atom. The van der Waals surface area contributed by atoms with E-state index >= 15 is 0 Å². The van der Waals surface area contributed by atoms with E-state index in [1.54, 1.807) is 13.2 Å². The average molecular weight is 382 g/mol. The maximum absolute atomic E-state index is 12.8. The van der Waals surface area contributed by atoms with Crippen molar-refractivity contribution >= 4 is 5.91 Å². The Balaban J connectivity index is 1.73. The Morgan fingerprint density at radius 1 is 1.11 bits per heavy atom. The van der Waals surface area contributed by atoms with Crippen molar-refractivity contribution in [3.05, 3.63) is 65.7 Å². The van der Waals surface area contributed by atoms with Crippen LogP contribution in [0.4, 0.5) is 0 Å². The predicted octanol–water partition coefficient (Wildman–Crippen LogP) is 2.85. The van der Waals surface area contributed by atoms with E-state index in [9.17, 15) is 4.79 Å². The minimum absolute atomic E-state index is 0.0418. The zero-order valence-corrected chi connectivity index (χ0v) is 16.6. The first kappa shape index (κ1) is 20.4. The highest BCUT2D eigenvalue weighted by atomic mass is 16.5. The Kier molecular flexibility index (Phi) is 7.06. The van der Waals surface area contributed by atoms with Crippen molar-refractivity contribution in [3.63, 3.8) is 0 Å². The zero-order valence-electron chi connectivity index (χ0n) is 16.6. The number of nitrogens with one attached hydrogen (secondary N) is 2. The second-order valence-corrected chi connectivity index (χ2v) is 7.55. The highest BCUT2D eigenvalue weighted by Gasteiger charge is 2.37. The second kappa shape index (κ2) is 9.71. The summed E-state index contributed by atoms with van der Waals surface area (Å²) in [5.41, 5.74) is 7.46. The van der Waals surface area contributed by atoms with Gasteiger partial charge in [-0.25, -0.2) is 0 Å². The van der Waals surface area contributed by atoms with Gasteiger partial charge in [-0.05, 0) is 43.4 Å². The minimum atomic E-state index is -0.0869. The second-order valence-electron chi connectivity index (χ2n) is 7.55. The van der Waals surface area contributed by atoms with Crippen LogP contribution in [0.2, 0.25) is 0 Å². The number of carbonyl (C=O) groups excluding carboxylic acids is 1. The summed E-state index contributed by atoms with van der Waals surface area (Å²) < 4.78 is 5.34. The van der Waals surface area contributed by atoms with E-state index in [-0.39, 0.29) is 11.3 Å². The van der Waals surface area contributed by atoms with Crippen LogP contribution in [0.25, 0.3) is 0 Å². The van der Waals surface area contributed by atoms with Gasteiger partial charge in [0.05, 0.1) is 12.7 Å². The van der Waals surface area contributed by atoms with Gasteiger partial charge < -0.3 is 21.1 Å². The molecule has 0 spiro atoms. The summed E-state index contributed by atoms with van der Waals surface area (Å²) in [5.74, 6) is 0.514. The Labute approximate surface area is 167 Å². The van der Waals surface area contributed by atoms with Gasteiger partial charge in [0.15, 0.2) is 0 Å². The van der Waals surface area contributed by atoms with Crippen molar-refractivity contribution in [2.45, 2.75) is 37.1 Å². The first-order valence-electron chi connectivity index (χ1n) is 10.1. The molecule has 1 aliphatic rings. The quantitative estimate of drug-likeness (QED) is 0.657. The molecule has 2 aromatic carbocycles. The fraction of sp³-hybridized carbons (Fsp3) is 0.435. The number of benzene rings is 2. The predicted molar refractivity (Wildman–Crippen MR) is 113 cm³/mol. The molecule has 4 N–H and O–H groups in total. The molecule has 1 amide bonds. The number of ether oxygens (including phenoxy) is 1. The Morgan fingerprint density at radius 3 is 2.46 bits per heavy atom. The molecule has 1 saturated carbocycles. The van der Waals surface area contributed by atoms with Crippen molar-refractivity contribution in [2.24, 2.45) is 5.73 Å². The first-order chi connectivity index (χ1) is 13.7. The van der Waals surface area contributed by atoms with Crippen LogP contribution < -0.4 is 21.1 Å². The van der Waals surface area contributed by atoms with Gasteiger partial charge in [0.25, 0.3) is 5.91 Å². The molecule has 0 aliphatic heterocycles. The number of carbonyl (C=O) groups is 1. The largest absolute Gasteiger partial charge is 0.496 e. The molecule has 0 radical (unpaired) electrons. The van der Waals surface area contributed by atoms with Gasteiger partial charge in [0, 0.05) is 31.1 Å². The number of rotatable bonds is 8. The number of methoxy groups -OCH3 is 1. The van der Waals surface area contributed by atoms with Crippen LogP contribution in [0.5, 0.6) is 5.75 Å². The molecule has 0 bridgehead atoms. The lowest BCUT2D eigenvalue weighted by atomic mass is 9.68. The fourth-order valence-corrected chi connectivity index (χ4v) is 4.20. The number of para-hydroxylation sites is 1. The summed E-state index contributed by atoms with van der Waals surface area (Å²) in [6.07, 6.45) is 4.23. The van der Waals surface area contributed by atoms with Gasteiger partial charge in [-0.2, -0.15) is 0 Å². The van der Waals surface area contributed by atoms with Gasteiger partial charge in [-0.1, -0.05) is 42.5 Å². The smallest absolute Gasteiger partial charge is 0.255 e. The summed E-state index contributed by atoms with van der Waals surface area (Å²) in [4.78, 5) is 12.8. The van der Waals surface area contributed by atoms with Crippen LogP contribution in [0.1, 0.15) is 41.6 Å². The molecule has 28 heavy (non-hydrogen) atoms. The van der Waals surface area contributed by atoms with Crippen LogP contribution in [0, 0.1) is 0 Å². The van der Waals surface area contributed by atoms with Crippen molar-refractivity contribution in [1.82, 2.24) is 10.6 Å². The maximum Gasteiger partial charge on any atom is 0.255 e. The van der Waals surface area contributed by atoms with Gasteiger partial charge in [0.1, 0.15) is 5.75 Å². The molecule has 5 heteroatoms. The average Bonchev–Trinajstić information content (AvgIpc) is 2.77. The Bertz CT molecular complexity index is 755. The molecule has 0 atom stereocenters. The van der Waals surface area contributed by atoms with E-state index < -0.39 is 0 Å². The van der Waals surface area contributed by atoms with Crippen LogP contribution in [-0.4, -0.2) is 38.7 Å². The summed E-state index contributed by atoms with van der Waals surface area (Å²) in [7, 11) is 1.59. The summed E-state index contributed by atoms with van der Waals surface area (Å²) >= 11 is 0. The highest BCUT2D eigenvalue weighted by molar-refractivity contribution is 5.96. The van der Waals surface area contributed by atoms with E-state index in [1.807, 2.05) is 24.3 Å². The lowest BCUT2D eigenvalue weighted by molar-refractivity contribution is 0.0931. The van der Waals surface area contributed by atoms with Gasteiger partial charge in [-0.3, -0.25) is 4.79 Å². The van der Waals surface area contributed by atoms with E-state index in [4.69, 9.17) is 10.5 Å². The molecule has 0 saturated heterocycles. The van der Waals surface area contributed by atoms with Crippen LogP contribution in [0.3, 0.4) is 0 Å². The monoisotopic (exact) mass is 381 g/mol. The van der Waals surface area contributed by atoms with E-state index in [2.05, 4.69) is 34.9 Å². The molecule has 1 fully saturated rings. The van der Waals surface area contributed by atoms with Crippen LogP contribution in [-0.2, 0) is 5.41 Å². The zero-order chi connectivity index (χ0) is 19.8. The summed E-state index contributed by atoms with van der Waals surface area (Å²) in [5, 5.41) is 6.72. The van der Waals surface area contributed by atoms with Crippen molar-refractivity contribution in [3.8, 4) is 5.75 Å². The third kappa shape index (κ3) is 4.72. The third-order valence-electron chi connectivity index (χ3n) is 5.85. The first-order valence-corrected chi connectivity index (χ1v) is 10.1. The SMILES string of the molecule is COc1ccccc1C(=O)NC[C@]1(c2ccccc2)CC[C@H](NCCN)CC1. The molecule has 150 valence electrons. The summed E-state index contributed by atoms with van der Waals surface area (Å²) in [6, 6.07) is 18.4. The topological polar surface area (TPSA) is 76.4 Å². The van der Waals surface area contributed by atoms with Crippen molar-refractivity contribution < 1.29 is 9.53 Å². The van der Waals surface area contributed by atoms with Gasteiger partial charge in [0.2, 0.25) is 0 Å². The molecule has 1 aliphatic carbocycles. The molecule has 2 aromatic rings. The molecular weight excluding hydrogens is 350 g/mol. The Hall–Kier alpha value is -2.37. The third-order valence-corrected chi connectivity index (χ3v) is 5.85. The standard InChI is InChI=1S/C23H31N3O2/c1-28-21-10-6-5-9-20(21)22(27)26-17-23(18-7-3-2-4-8-18)13-11-19(12-14-23)25-16-15-24/h2-10,19,25H,11-17,24H2,1H3,(H,26,27)/t19-,23-. The van der Waals surface area contributed by atoms with Crippen LogP contribution in [0.15, 0.2) is 54.6 Å². The van der Waals surface area contributed by atoms with Gasteiger partial charge >= 0.3 is 0 Å². The molecule has 5 nitrogen and oxygen atoms in total. The van der Waals surface area contributed by atoms with Crippen LogP contribution >= 0.6 is 0 Å². The lowest BCUT2D eigenvalue weighted by Gasteiger charge is -2.41.